The molecule has 2 heterocycles. The van der Waals surface area contributed by atoms with E-state index in [4.69, 9.17) is 9.47 Å². The fourth-order valence-electron chi connectivity index (χ4n) is 3.04. The Morgan fingerprint density at radius 1 is 1.04 bits per heavy atom. The number of hydrogen-bond donors (Lipinski definition) is 1. The topological polar surface area (TPSA) is 65.4 Å². The first-order chi connectivity index (χ1) is 13.1. The van der Waals surface area contributed by atoms with Crippen LogP contribution in [0.5, 0.6) is 11.5 Å². The van der Waals surface area contributed by atoms with E-state index in [0.717, 1.165) is 22.7 Å². The van der Waals surface area contributed by atoms with Crippen molar-refractivity contribution in [3.05, 3.63) is 65.4 Å². The molecule has 6 heteroatoms. The lowest BCUT2D eigenvalue weighted by Crippen LogP contribution is -2.18. The minimum atomic E-state index is -0.111. The second-order valence-corrected chi connectivity index (χ2v) is 6.62. The Kier molecular flexibility index (Phi) is 4.54. The standard InChI is InChI=1S/C21H21N3O3/c1-14-3-6-17(7-4-14)24-20(11-15(2)23-24)22-21(25)13-16-5-8-18-19(12-16)27-10-9-26-18/h3-8,11-12H,9-10,13H2,1-2H3,(H,22,25). The number of anilines is 1. The van der Waals surface area contributed by atoms with Crippen molar-refractivity contribution in [1.29, 1.82) is 0 Å². The Bertz CT molecular complexity index is 977. The molecule has 0 spiro atoms. The number of carbonyl (C=O) groups is 1. The number of aromatic nitrogens is 2. The molecule has 1 amide bonds. The highest BCUT2D eigenvalue weighted by Crippen LogP contribution is 2.31. The van der Waals surface area contributed by atoms with Crippen LogP contribution in [0, 0.1) is 13.8 Å². The van der Waals surface area contributed by atoms with Gasteiger partial charge in [0.2, 0.25) is 5.91 Å². The summed E-state index contributed by atoms with van der Waals surface area (Å²) in [6, 6.07) is 15.5. The number of ether oxygens (including phenoxy) is 2. The van der Waals surface area contributed by atoms with Gasteiger partial charge in [0.1, 0.15) is 19.0 Å². The van der Waals surface area contributed by atoms with E-state index in [9.17, 15) is 4.79 Å². The minimum absolute atomic E-state index is 0.111. The van der Waals surface area contributed by atoms with E-state index in [1.165, 1.54) is 5.56 Å². The minimum Gasteiger partial charge on any atom is -0.486 e. The third-order valence-electron chi connectivity index (χ3n) is 4.35. The zero-order valence-corrected chi connectivity index (χ0v) is 15.4. The van der Waals surface area contributed by atoms with Crippen molar-refractivity contribution < 1.29 is 14.3 Å². The molecule has 0 atom stereocenters. The summed E-state index contributed by atoms with van der Waals surface area (Å²) < 4.78 is 12.8. The average Bonchev–Trinajstić information content (AvgIpc) is 3.02. The SMILES string of the molecule is Cc1ccc(-n2nc(C)cc2NC(=O)Cc2ccc3c(c2)OCCO3)cc1. The van der Waals surface area contributed by atoms with Crippen molar-refractivity contribution in [2.45, 2.75) is 20.3 Å². The molecule has 0 aliphatic carbocycles. The van der Waals surface area contributed by atoms with Gasteiger partial charge in [0.25, 0.3) is 0 Å². The van der Waals surface area contributed by atoms with Crippen LogP contribution in [0.15, 0.2) is 48.5 Å². The van der Waals surface area contributed by atoms with E-state index < -0.39 is 0 Å². The van der Waals surface area contributed by atoms with Gasteiger partial charge < -0.3 is 14.8 Å². The van der Waals surface area contributed by atoms with Gasteiger partial charge >= 0.3 is 0 Å². The number of fused-ring (bicyclic) bond motifs is 1. The maximum absolute atomic E-state index is 12.6. The second kappa shape index (κ2) is 7.15. The Labute approximate surface area is 157 Å². The molecule has 27 heavy (non-hydrogen) atoms. The molecule has 3 aromatic rings. The average molecular weight is 363 g/mol. The van der Waals surface area contributed by atoms with Crippen LogP contribution in [0.25, 0.3) is 5.69 Å². The van der Waals surface area contributed by atoms with Crippen LogP contribution in [0.1, 0.15) is 16.8 Å². The zero-order valence-electron chi connectivity index (χ0n) is 15.4. The normalized spacial score (nSPS) is 12.7. The highest BCUT2D eigenvalue weighted by atomic mass is 16.6. The van der Waals surface area contributed by atoms with Gasteiger partial charge in [-0.2, -0.15) is 5.10 Å². The summed E-state index contributed by atoms with van der Waals surface area (Å²) in [4.78, 5) is 12.6. The summed E-state index contributed by atoms with van der Waals surface area (Å²) in [5, 5.41) is 7.46. The second-order valence-electron chi connectivity index (χ2n) is 6.62. The molecule has 1 aliphatic rings. The Morgan fingerprint density at radius 3 is 2.56 bits per heavy atom. The van der Waals surface area contributed by atoms with E-state index in [1.807, 2.05) is 62.4 Å². The number of benzene rings is 2. The lowest BCUT2D eigenvalue weighted by Gasteiger charge is -2.18. The first kappa shape index (κ1) is 17.1. The number of hydrogen-bond acceptors (Lipinski definition) is 4. The van der Waals surface area contributed by atoms with Crippen LogP contribution in [0.2, 0.25) is 0 Å². The smallest absolute Gasteiger partial charge is 0.229 e. The summed E-state index contributed by atoms with van der Waals surface area (Å²) in [6.07, 6.45) is 0.245. The maximum atomic E-state index is 12.6. The van der Waals surface area contributed by atoms with E-state index in [1.54, 1.807) is 4.68 Å². The molecule has 1 N–H and O–H groups in total. The van der Waals surface area contributed by atoms with Crippen molar-refractivity contribution in [3.8, 4) is 17.2 Å². The summed E-state index contributed by atoms with van der Waals surface area (Å²) in [5.74, 6) is 1.95. The molecule has 0 saturated heterocycles. The van der Waals surface area contributed by atoms with E-state index >= 15 is 0 Å². The van der Waals surface area contributed by atoms with Crippen molar-refractivity contribution in [1.82, 2.24) is 9.78 Å². The molecule has 1 aliphatic heterocycles. The third-order valence-corrected chi connectivity index (χ3v) is 4.35. The Balaban J connectivity index is 1.51. The lowest BCUT2D eigenvalue weighted by molar-refractivity contribution is -0.115. The number of rotatable bonds is 4. The molecule has 138 valence electrons. The van der Waals surface area contributed by atoms with Crippen LogP contribution >= 0.6 is 0 Å². The molecule has 0 radical (unpaired) electrons. The quantitative estimate of drug-likeness (QED) is 0.771. The number of aryl methyl sites for hydroxylation is 2. The summed E-state index contributed by atoms with van der Waals surface area (Å²) in [5.41, 5.74) is 3.79. The van der Waals surface area contributed by atoms with Gasteiger partial charge in [0, 0.05) is 6.07 Å². The molecule has 1 aromatic heterocycles. The molecule has 0 bridgehead atoms. The van der Waals surface area contributed by atoms with E-state index in [2.05, 4.69) is 10.4 Å². The van der Waals surface area contributed by atoms with Crippen molar-refractivity contribution >= 4 is 11.7 Å². The lowest BCUT2D eigenvalue weighted by atomic mass is 10.1. The van der Waals surface area contributed by atoms with Gasteiger partial charge in [-0.3, -0.25) is 4.79 Å². The molecule has 4 rings (SSSR count). The van der Waals surface area contributed by atoms with Gasteiger partial charge in [-0.15, -0.1) is 0 Å². The third kappa shape index (κ3) is 3.79. The molecular weight excluding hydrogens is 342 g/mol. The predicted molar refractivity (Wildman–Crippen MR) is 103 cm³/mol. The summed E-state index contributed by atoms with van der Waals surface area (Å²) >= 11 is 0. The van der Waals surface area contributed by atoms with Crippen molar-refractivity contribution in [3.63, 3.8) is 0 Å². The summed E-state index contributed by atoms with van der Waals surface area (Å²) in [6.45, 7) is 5.02. The van der Waals surface area contributed by atoms with Crippen LogP contribution in [0.4, 0.5) is 5.82 Å². The molecule has 0 unspecified atom stereocenters. The molecular formula is C21H21N3O3. The van der Waals surface area contributed by atoms with Crippen LogP contribution in [-0.2, 0) is 11.2 Å². The van der Waals surface area contributed by atoms with Gasteiger partial charge in [0.05, 0.1) is 17.8 Å². The molecule has 0 saturated carbocycles. The number of nitrogens with zero attached hydrogens (tertiary/aromatic N) is 2. The van der Waals surface area contributed by atoms with Crippen molar-refractivity contribution in [2.24, 2.45) is 0 Å². The van der Waals surface area contributed by atoms with Crippen LogP contribution in [-0.4, -0.2) is 28.9 Å². The first-order valence-corrected chi connectivity index (χ1v) is 8.90. The highest BCUT2D eigenvalue weighted by molar-refractivity contribution is 5.92. The first-order valence-electron chi connectivity index (χ1n) is 8.90. The zero-order chi connectivity index (χ0) is 18.8. The predicted octanol–water partition coefficient (Wildman–Crippen LogP) is 3.44. The monoisotopic (exact) mass is 363 g/mol. The van der Waals surface area contributed by atoms with Gasteiger partial charge in [0.15, 0.2) is 11.5 Å². The largest absolute Gasteiger partial charge is 0.486 e. The number of amides is 1. The number of carbonyl (C=O) groups excluding carboxylic acids is 1. The van der Waals surface area contributed by atoms with E-state index in [0.29, 0.717) is 24.8 Å². The highest BCUT2D eigenvalue weighted by Gasteiger charge is 2.15. The molecule has 0 fully saturated rings. The Hall–Kier alpha value is -3.28. The van der Waals surface area contributed by atoms with E-state index in [-0.39, 0.29) is 12.3 Å². The fraction of sp³-hybridized carbons (Fsp3) is 0.238. The molecule has 6 nitrogen and oxygen atoms in total. The van der Waals surface area contributed by atoms with Gasteiger partial charge in [-0.05, 0) is 43.7 Å². The summed E-state index contributed by atoms with van der Waals surface area (Å²) in [7, 11) is 0. The van der Waals surface area contributed by atoms with Gasteiger partial charge in [-0.1, -0.05) is 23.8 Å². The maximum Gasteiger partial charge on any atom is 0.229 e. The number of nitrogens with one attached hydrogen (secondary N) is 1. The molecule has 2 aromatic carbocycles. The van der Waals surface area contributed by atoms with Gasteiger partial charge in [-0.25, -0.2) is 4.68 Å². The van der Waals surface area contributed by atoms with Crippen LogP contribution < -0.4 is 14.8 Å². The van der Waals surface area contributed by atoms with Crippen LogP contribution in [0.3, 0.4) is 0 Å². The van der Waals surface area contributed by atoms with Crippen molar-refractivity contribution in [2.75, 3.05) is 18.5 Å². The Morgan fingerprint density at radius 2 is 1.78 bits per heavy atom. The fourth-order valence-corrected chi connectivity index (χ4v) is 3.04.